The standard InChI is InChI=1S/C12H10ClN3/c1-9-10(6-7-14)8-16(15-9)12-4-2-11(13)3-5-12/h2-5,8H,6H2,1H3. The highest BCUT2D eigenvalue weighted by molar-refractivity contribution is 6.30. The topological polar surface area (TPSA) is 41.6 Å². The summed E-state index contributed by atoms with van der Waals surface area (Å²) in [6, 6.07) is 9.55. The summed E-state index contributed by atoms with van der Waals surface area (Å²) >= 11 is 5.81. The molecule has 0 fully saturated rings. The van der Waals surface area contributed by atoms with Crippen LogP contribution in [0.1, 0.15) is 11.3 Å². The Kier molecular flexibility index (Phi) is 2.93. The Hall–Kier alpha value is -1.79. The summed E-state index contributed by atoms with van der Waals surface area (Å²) < 4.78 is 1.76. The fraction of sp³-hybridized carbons (Fsp3) is 0.167. The van der Waals surface area contributed by atoms with Crippen LogP contribution in [-0.2, 0) is 6.42 Å². The molecule has 2 aromatic rings. The first-order valence-electron chi connectivity index (χ1n) is 4.89. The van der Waals surface area contributed by atoms with Gasteiger partial charge in [0.15, 0.2) is 0 Å². The van der Waals surface area contributed by atoms with Crippen molar-refractivity contribution in [2.45, 2.75) is 13.3 Å². The van der Waals surface area contributed by atoms with E-state index in [0.717, 1.165) is 16.9 Å². The predicted octanol–water partition coefficient (Wildman–Crippen LogP) is 2.90. The highest BCUT2D eigenvalue weighted by atomic mass is 35.5. The number of aromatic nitrogens is 2. The van der Waals surface area contributed by atoms with Crippen LogP contribution in [0, 0.1) is 18.3 Å². The van der Waals surface area contributed by atoms with Crippen LogP contribution in [0.5, 0.6) is 0 Å². The van der Waals surface area contributed by atoms with Crippen molar-refractivity contribution in [3.63, 3.8) is 0 Å². The van der Waals surface area contributed by atoms with Crippen LogP contribution < -0.4 is 0 Å². The summed E-state index contributed by atoms with van der Waals surface area (Å²) in [6.07, 6.45) is 2.27. The highest BCUT2D eigenvalue weighted by Crippen LogP contribution is 2.15. The van der Waals surface area contributed by atoms with Gasteiger partial charge in [-0.25, -0.2) is 4.68 Å². The van der Waals surface area contributed by atoms with Gasteiger partial charge in [-0.15, -0.1) is 0 Å². The predicted molar refractivity (Wildman–Crippen MR) is 62.6 cm³/mol. The summed E-state index contributed by atoms with van der Waals surface area (Å²) in [4.78, 5) is 0. The first-order chi connectivity index (χ1) is 7.70. The van der Waals surface area contributed by atoms with E-state index in [4.69, 9.17) is 16.9 Å². The van der Waals surface area contributed by atoms with Gasteiger partial charge >= 0.3 is 0 Å². The van der Waals surface area contributed by atoms with Crippen molar-refractivity contribution in [2.75, 3.05) is 0 Å². The highest BCUT2D eigenvalue weighted by Gasteiger charge is 2.05. The van der Waals surface area contributed by atoms with Crippen molar-refractivity contribution >= 4 is 11.6 Å². The van der Waals surface area contributed by atoms with Crippen LogP contribution in [-0.4, -0.2) is 9.78 Å². The lowest BCUT2D eigenvalue weighted by molar-refractivity contribution is 0.863. The van der Waals surface area contributed by atoms with Gasteiger partial charge < -0.3 is 0 Å². The maximum Gasteiger partial charge on any atom is 0.0671 e. The van der Waals surface area contributed by atoms with Crippen LogP contribution in [0.2, 0.25) is 5.02 Å². The number of halogens is 1. The van der Waals surface area contributed by atoms with E-state index in [1.807, 2.05) is 37.4 Å². The van der Waals surface area contributed by atoms with Gasteiger partial charge in [-0.2, -0.15) is 10.4 Å². The zero-order chi connectivity index (χ0) is 11.5. The van der Waals surface area contributed by atoms with E-state index in [1.165, 1.54) is 0 Å². The zero-order valence-electron chi connectivity index (χ0n) is 8.81. The molecule has 1 heterocycles. The number of hydrogen-bond donors (Lipinski definition) is 0. The normalized spacial score (nSPS) is 10.1. The van der Waals surface area contributed by atoms with Crippen molar-refractivity contribution in [3.05, 3.63) is 46.7 Å². The van der Waals surface area contributed by atoms with Gasteiger partial charge in [-0.1, -0.05) is 11.6 Å². The van der Waals surface area contributed by atoms with Gasteiger partial charge in [0.05, 0.1) is 23.9 Å². The van der Waals surface area contributed by atoms with Crippen LogP contribution >= 0.6 is 11.6 Å². The van der Waals surface area contributed by atoms with E-state index in [1.54, 1.807) is 4.68 Å². The molecule has 0 spiro atoms. The lowest BCUT2D eigenvalue weighted by atomic mass is 10.2. The van der Waals surface area contributed by atoms with Crippen molar-refractivity contribution < 1.29 is 0 Å². The molecule has 0 amide bonds. The van der Waals surface area contributed by atoms with E-state index in [9.17, 15) is 0 Å². The fourth-order valence-corrected chi connectivity index (χ4v) is 1.61. The molecule has 0 aliphatic rings. The first-order valence-corrected chi connectivity index (χ1v) is 5.26. The fourth-order valence-electron chi connectivity index (χ4n) is 1.48. The minimum atomic E-state index is 0.388. The number of benzene rings is 1. The van der Waals surface area contributed by atoms with E-state index < -0.39 is 0 Å². The molecule has 1 aromatic heterocycles. The van der Waals surface area contributed by atoms with Gasteiger partial charge in [0.1, 0.15) is 0 Å². The van der Waals surface area contributed by atoms with Crippen molar-refractivity contribution in [1.82, 2.24) is 9.78 Å². The van der Waals surface area contributed by atoms with Crippen LogP contribution in [0.25, 0.3) is 5.69 Å². The van der Waals surface area contributed by atoms with Gasteiger partial charge in [-0.05, 0) is 31.2 Å². The summed E-state index contributed by atoms with van der Waals surface area (Å²) in [5, 5.41) is 13.7. The number of hydrogen-bond acceptors (Lipinski definition) is 2. The van der Waals surface area contributed by atoms with Gasteiger partial charge in [0, 0.05) is 16.8 Å². The third kappa shape index (κ3) is 2.07. The molecule has 0 radical (unpaired) electrons. The second kappa shape index (κ2) is 4.38. The Morgan fingerprint density at radius 1 is 1.38 bits per heavy atom. The molecule has 2 rings (SSSR count). The van der Waals surface area contributed by atoms with Crippen LogP contribution in [0.4, 0.5) is 0 Å². The molecule has 0 atom stereocenters. The number of aryl methyl sites for hydroxylation is 1. The quantitative estimate of drug-likeness (QED) is 0.798. The van der Waals surface area contributed by atoms with Crippen molar-refractivity contribution in [1.29, 1.82) is 5.26 Å². The Morgan fingerprint density at radius 2 is 2.06 bits per heavy atom. The molecular weight excluding hydrogens is 222 g/mol. The van der Waals surface area contributed by atoms with Gasteiger partial charge in [0.2, 0.25) is 0 Å². The monoisotopic (exact) mass is 231 g/mol. The molecule has 0 aliphatic carbocycles. The largest absolute Gasteiger partial charge is 0.240 e. The summed E-state index contributed by atoms with van der Waals surface area (Å²) in [6.45, 7) is 1.90. The average Bonchev–Trinajstić information content (AvgIpc) is 2.62. The molecule has 0 saturated heterocycles. The van der Waals surface area contributed by atoms with E-state index in [-0.39, 0.29) is 0 Å². The molecule has 0 unspecified atom stereocenters. The minimum absolute atomic E-state index is 0.388. The maximum atomic E-state index is 8.66. The first kappa shape index (κ1) is 10.7. The lowest BCUT2D eigenvalue weighted by Crippen LogP contribution is -1.93. The van der Waals surface area contributed by atoms with Gasteiger partial charge in [0.25, 0.3) is 0 Å². The maximum absolute atomic E-state index is 8.66. The van der Waals surface area contributed by atoms with Crippen LogP contribution in [0.15, 0.2) is 30.5 Å². The summed E-state index contributed by atoms with van der Waals surface area (Å²) in [7, 11) is 0. The van der Waals surface area contributed by atoms with E-state index in [0.29, 0.717) is 11.4 Å². The number of nitrogens with zero attached hydrogens (tertiary/aromatic N) is 3. The van der Waals surface area contributed by atoms with Gasteiger partial charge in [-0.3, -0.25) is 0 Å². The van der Waals surface area contributed by atoms with Crippen molar-refractivity contribution in [2.24, 2.45) is 0 Å². The molecule has 0 saturated carbocycles. The second-order valence-corrected chi connectivity index (χ2v) is 3.93. The summed E-state index contributed by atoms with van der Waals surface area (Å²) in [5.41, 5.74) is 2.78. The average molecular weight is 232 g/mol. The molecule has 0 aliphatic heterocycles. The van der Waals surface area contributed by atoms with Crippen LogP contribution in [0.3, 0.4) is 0 Å². The molecule has 0 bridgehead atoms. The molecule has 0 N–H and O–H groups in total. The molecule has 4 heteroatoms. The Bertz CT molecular complexity index is 534. The third-order valence-electron chi connectivity index (χ3n) is 2.36. The summed E-state index contributed by atoms with van der Waals surface area (Å²) in [5.74, 6) is 0. The second-order valence-electron chi connectivity index (χ2n) is 3.50. The molecule has 16 heavy (non-hydrogen) atoms. The Morgan fingerprint density at radius 3 is 2.69 bits per heavy atom. The Balaban J connectivity index is 2.38. The molecular formula is C12H10ClN3. The molecule has 3 nitrogen and oxygen atoms in total. The zero-order valence-corrected chi connectivity index (χ0v) is 9.57. The smallest absolute Gasteiger partial charge is 0.0671 e. The molecule has 1 aromatic carbocycles. The SMILES string of the molecule is Cc1nn(-c2ccc(Cl)cc2)cc1CC#N. The van der Waals surface area contributed by atoms with E-state index in [2.05, 4.69) is 11.2 Å². The molecule has 80 valence electrons. The third-order valence-corrected chi connectivity index (χ3v) is 2.61. The van der Waals surface area contributed by atoms with Crippen molar-refractivity contribution in [3.8, 4) is 11.8 Å². The lowest BCUT2D eigenvalue weighted by Gasteiger charge is -2.00. The van der Waals surface area contributed by atoms with E-state index >= 15 is 0 Å². The Labute approximate surface area is 98.9 Å². The number of nitriles is 1. The minimum Gasteiger partial charge on any atom is -0.240 e. The number of rotatable bonds is 2.